The summed E-state index contributed by atoms with van der Waals surface area (Å²) in [7, 11) is 0. The predicted molar refractivity (Wildman–Crippen MR) is 129 cm³/mol. The van der Waals surface area contributed by atoms with Gasteiger partial charge in [0.05, 0.1) is 5.56 Å². The summed E-state index contributed by atoms with van der Waals surface area (Å²) in [5.41, 5.74) is 1.77. The molecular formula is C24H32KN5O2S. The Labute approximate surface area is 246 Å². The predicted octanol–water partition coefficient (Wildman–Crippen LogP) is 0.556. The van der Waals surface area contributed by atoms with Crippen LogP contribution in [0.4, 0.5) is 10.6 Å². The fourth-order valence-electron chi connectivity index (χ4n) is 3.08. The van der Waals surface area contributed by atoms with Crippen LogP contribution < -0.4 is 61.6 Å². The molecule has 1 saturated carbocycles. The maximum atomic E-state index is 11.0. The molecule has 9 heteroatoms. The number of amides is 1. The van der Waals surface area contributed by atoms with E-state index in [4.69, 9.17) is 10.00 Å². The standard InChI is InChI=1S/C15H18N4.C9H15NO2S.K/c16-10-14-4-5-15(17-11-14)19-8-6-18(7-9-19)12-13-2-1-3-13;1-9(2,3)12-8(11)10-6-4-5-7-13;/h4-5,11-12H,1-3,6-9H2;13H,4,6H2,1-3H3,(H,10,11);/q;;+1/p-1. The van der Waals surface area contributed by atoms with Crippen molar-refractivity contribution in [2.75, 3.05) is 37.6 Å². The topological polar surface area (TPSA) is 81.5 Å². The molecule has 0 radical (unpaired) electrons. The SMILES string of the molecule is CC(C)(C)OC(=O)NCCC#C[S-].N#Cc1ccc(N2CCN(C=C3CCC3)CC2)nc1.[K+]. The van der Waals surface area contributed by atoms with E-state index in [9.17, 15) is 4.79 Å². The first-order valence-corrected chi connectivity index (χ1v) is 11.3. The monoisotopic (exact) mass is 493 g/mol. The smallest absolute Gasteiger partial charge is 0.725 e. The Morgan fingerprint density at radius 1 is 1.27 bits per heavy atom. The van der Waals surface area contributed by atoms with Gasteiger partial charge in [-0.2, -0.15) is 5.26 Å². The van der Waals surface area contributed by atoms with Crippen LogP contribution in [-0.2, 0) is 17.4 Å². The Morgan fingerprint density at radius 3 is 2.45 bits per heavy atom. The molecule has 0 spiro atoms. The molecule has 1 aromatic heterocycles. The molecule has 1 aromatic rings. The summed E-state index contributed by atoms with van der Waals surface area (Å²) in [4.78, 5) is 20.1. The molecule has 1 amide bonds. The maximum absolute atomic E-state index is 11.0. The van der Waals surface area contributed by atoms with E-state index >= 15 is 0 Å². The van der Waals surface area contributed by atoms with Gasteiger partial charge in [-0.05, 0) is 58.4 Å². The third-order valence-electron chi connectivity index (χ3n) is 4.87. The van der Waals surface area contributed by atoms with E-state index in [0.29, 0.717) is 18.5 Å². The maximum Gasteiger partial charge on any atom is 1.00 e. The number of piperazine rings is 1. The van der Waals surface area contributed by atoms with Gasteiger partial charge in [-0.1, -0.05) is 5.57 Å². The number of hydrogen-bond acceptors (Lipinski definition) is 7. The summed E-state index contributed by atoms with van der Waals surface area (Å²) in [6, 6.07) is 5.88. The van der Waals surface area contributed by atoms with Crippen LogP contribution in [0.25, 0.3) is 0 Å². The van der Waals surface area contributed by atoms with Gasteiger partial charge in [0.25, 0.3) is 0 Å². The van der Waals surface area contributed by atoms with Crippen molar-refractivity contribution >= 4 is 24.5 Å². The molecule has 2 fully saturated rings. The van der Waals surface area contributed by atoms with Crippen molar-refractivity contribution in [1.29, 1.82) is 5.26 Å². The van der Waals surface area contributed by atoms with Crippen LogP contribution in [0.3, 0.4) is 0 Å². The zero-order chi connectivity index (χ0) is 23.4. The molecule has 0 unspecified atom stereocenters. The van der Waals surface area contributed by atoms with Gasteiger partial charge >= 0.3 is 57.5 Å². The normalized spacial score (nSPS) is 14.7. The van der Waals surface area contributed by atoms with Crippen LogP contribution in [0, 0.1) is 22.5 Å². The van der Waals surface area contributed by atoms with Gasteiger partial charge < -0.3 is 32.5 Å². The molecule has 1 N–H and O–H groups in total. The van der Waals surface area contributed by atoms with E-state index in [0.717, 1.165) is 32.0 Å². The molecule has 1 saturated heterocycles. The molecule has 2 aliphatic rings. The number of rotatable bonds is 4. The minimum Gasteiger partial charge on any atom is -0.725 e. The van der Waals surface area contributed by atoms with E-state index in [2.05, 4.69) is 56.2 Å². The van der Waals surface area contributed by atoms with Gasteiger partial charge in [0, 0.05) is 45.3 Å². The van der Waals surface area contributed by atoms with Gasteiger partial charge in [-0.25, -0.2) is 15.0 Å². The fourth-order valence-corrected chi connectivity index (χ4v) is 3.18. The van der Waals surface area contributed by atoms with Crippen LogP contribution in [0.15, 0.2) is 30.1 Å². The summed E-state index contributed by atoms with van der Waals surface area (Å²) < 4.78 is 4.99. The third kappa shape index (κ3) is 12.1. The Morgan fingerprint density at radius 2 is 1.97 bits per heavy atom. The Kier molecular flexibility index (Phi) is 14.0. The van der Waals surface area contributed by atoms with E-state index in [-0.39, 0.29) is 51.4 Å². The minimum absolute atomic E-state index is 0. The van der Waals surface area contributed by atoms with Gasteiger partial charge in [-0.3, -0.25) is 0 Å². The molecule has 0 aromatic carbocycles. The number of hydrogen-bond donors (Lipinski definition) is 1. The van der Waals surface area contributed by atoms with Crippen molar-refractivity contribution in [3.63, 3.8) is 0 Å². The molecule has 172 valence electrons. The quantitative estimate of drug-likeness (QED) is 0.284. The van der Waals surface area contributed by atoms with E-state index in [1.165, 1.54) is 19.3 Å². The number of anilines is 1. The molecule has 3 rings (SSSR count). The number of nitrogens with one attached hydrogen (secondary N) is 1. The second-order valence-corrected chi connectivity index (χ2v) is 8.84. The number of allylic oxidation sites excluding steroid dienone is 1. The van der Waals surface area contributed by atoms with Crippen LogP contribution in [0.2, 0.25) is 0 Å². The van der Waals surface area contributed by atoms with E-state index in [1.54, 1.807) is 11.8 Å². The Bertz CT molecular complexity index is 867. The zero-order valence-corrected chi connectivity index (χ0v) is 24.1. The number of aromatic nitrogens is 1. The average Bonchev–Trinajstić information content (AvgIpc) is 2.74. The van der Waals surface area contributed by atoms with Gasteiger partial charge in [0.2, 0.25) is 0 Å². The van der Waals surface area contributed by atoms with Crippen molar-refractivity contribution in [2.24, 2.45) is 0 Å². The largest absolute Gasteiger partial charge is 1.00 e. The number of carbonyl (C=O) groups is 1. The first-order chi connectivity index (χ1) is 15.3. The Hall–Kier alpha value is -1.33. The molecule has 7 nitrogen and oxygen atoms in total. The van der Waals surface area contributed by atoms with Crippen molar-refractivity contribution in [3.05, 3.63) is 35.7 Å². The molecule has 1 aliphatic heterocycles. The number of alkyl carbamates (subject to hydrolysis) is 1. The Balaban J connectivity index is 0.000000346. The molecular weight excluding hydrogens is 461 g/mol. The average molecular weight is 494 g/mol. The van der Waals surface area contributed by atoms with E-state index in [1.807, 2.05) is 32.9 Å². The molecule has 0 bridgehead atoms. The molecule has 0 atom stereocenters. The number of ether oxygens (including phenoxy) is 1. The molecule has 2 heterocycles. The summed E-state index contributed by atoms with van der Waals surface area (Å²) in [6.07, 6.45) is 8.09. The van der Waals surface area contributed by atoms with Crippen molar-refractivity contribution in [2.45, 2.75) is 52.1 Å². The van der Waals surface area contributed by atoms with Crippen LogP contribution in [0.5, 0.6) is 0 Å². The first kappa shape index (κ1) is 29.7. The number of nitrogens with zero attached hydrogens (tertiary/aromatic N) is 4. The van der Waals surface area contributed by atoms with Gasteiger partial charge in [-0.15, -0.1) is 5.92 Å². The van der Waals surface area contributed by atoms with Crippen LogP contribution in [-0.4, -0.2) is 54.3 Å². The van der Waals surface area contributed by atoms with Crippen molar-refractivity contribution < 1.29 is 60.9 Å². The van der Waals surface area contributed by atoms with Crippen LogP contribution >= 0.6 is 0 Å². The first-order valence-electron chi connectivity index (χ1n) is 10.9. The fraction of sp³-hybridized carbons (Fsp3) is 0.542. The van der Waals surface area contributed by atoms with Gasteiger partial charge in [0.15, 0.2) is 0 Å². The number of nitriles is 1. The minimum atomic E-state index is -0.451. The number of carbonyl (C=O) groups excluding carboxylic acids is 1. The van der Waals surface area contributed by atoms with E-state index < -0.39 is 11.7 Å². The summed E-state index contributed by atoms with van der Waals surface area (Å²) >= 11 is 4.41. The third-order valence-corrected chi connectivity index (χ3v) is 5.01. The second kappa shape index (κ2) is 15.5. The van der Waals surface area contributed by atoms with Crippen molar-refractivity contribution in [3.8, 4) is 17.2 Å². The summed E-state index contributed by atoms with van der Waals surface area (Å²) in [6.45, 7) is 10.0. The van der Waals surface area contributed by atoms with Gasteiger partial charge in [0.1, 0.15) is 17.5 Å². The second-order valence-electron chi connectivity index (χ2n) is 8.64. The summed E-state index contributed by atoms with van der Waals surface area (Å²) in [5, 5.41) is 13.7. The number of pyridine rings is 1. The summed E-state index contributed by atoms with van der Waals surface area (Å²) in [5.74, 6) is 3.64. The molecule has 1 aliphatic carbocycles. The van der Waals surface area contributed by atoms with Crippen LogP contribution in [0.1, 0.15) is 52.0 Å². The van der Waals surface area contributed by atoms with Crippen molar-refractivity contribution in [1.82, 2.24) is 15.2 Å². The molecule has 33 heavy (non-hydrogen) atoms. The zero-order valence-electron chi connectivity index (χ0n) is 20.2.